The Hall–Kier alpha value is -0.220. The molecule has 0 spiro atoms. The first-order valence-electron chi connectivity index (χ1n) is 4.04. The van der Waals surface area contributed by atoms with E-state index in [9.17, 15) is 0 Å². The second-order valence-electron chi connectivity index (χ2n) is 3.04. The van der Waals surface area contributed by atoms with Crippen LogP contribution in [0.4, 0.5) is 0 Å². The lowest BCUT2D eigenvalue weighted by Gasteiger charge is -2.27. The van der Waals surface area contributed by atoms with Crippen molar-refractivity contribution in [1.29, 1.82) is 0 Å². The highest BCUT2D eigenvalue weighted by atomic mass is 127. The molecular formula is C10H9ClIN. The number of likely N-dealkylation sites (N-methyl/N-ethyl adjacent to an activating group) is 1. The lowest BCUT2D eigenvalue weighted by molar-refractivity contribution is 0.572. The van der Waals surface area contributed by atoms with Crippen LogP contribution in [0.25, 0.3) is 0 Å². The zero-order valence-electron chi connectivity index (χ0n) is 7.17. The highest BCUT2D eigenvalue weighted by molar-refractivity contribution is 14.1. The summed E-state index contributed by atoms with van der Waals surface area (Å²) >= 11 is 8.35. The van der Waals surface area contributed by atoms with Crippen molar-refractivity contribution in [2.75, 3.05) is 7.05 Å². The minimum absolute atomic E-state index is 0.0249. The Morgan fingerprint density at radius 2 is 2.23 bits per heavy atom. The van der Waals surface area contributed by atoms with Crippen LogP contribution < -0.4 is 0 Å². The molecule has 1 aliphatic heterocycles. The van der Waals surface area contributed by atoms with Gasteiger partial charge in [-0.2, -0.15) is 0 Å². The molecule has 1 heterocycles. The van der Waals surface area contributed by atoms with Crippen molar-refractivity contribution in [3.63, 3.8) is 0 Å². The first kappa shape index (κ1) is 9.34. The highest BCUT2D eigenvalue weighted by Crippen LogP contribution is 2.32. The minimum Gasteiger partial charge on any atom is -0.351 e. The number of halogens is 2. The second kappa shape index (κ2) is 3.50. The number of fused-ring (bicyclic) bond motifs is 1. The summed E-state index contributed by atoms with van der Waals surface area (Å²) in [5.41, 5.74) is 2.47. The number of nitrogens with zero attached hydrogens (tertiary/aromatic N) is 1. The molecular weight excluding hydrogens is 296 g/mol. The van der Waals surface area contributed by atoms with Gasteiger partial charge in [-0.05, 0) is 34.7 Å². The van der Waals surface area contributed by atoms with Crippen molar-refractivity contribution < 1.29 is 0 Å². The van der Waals surface area contributed by atoms with Crippen LogP contribution in [0.5, 0.6) is 0 Å². The van der Waals surface area contributed by atoms with E-state index in [-0.39, 0.29) is 5.38 Å². The van der Waals surface area contributed by atoms with Gasteiger partial charge in [0.15, 0.2) is 0 Å². The Labute approximate surface area is 96.6 Å². The molecule has 1 unspecified atom stereocenters. The van der Waals surface area contributed by atoms with Crippen LogP contribution in [0.2, 0.25) is 0 Å². The zero-order valence-corrected chi connectivity index (χ0v) is 10.1. The van der Waals surface area contributed by atoms with E-state index in [1.807, 2.05) is 13.1 Å². The molecule has 0 fully saturated rings. The van der Waals surface area contributed by atoms with Gasteiger partial charge in [0, 0.05) is 28.1 Å². The zero-order chi connectivity index (χ0) is 9.42. The van der Waals surface area contributed by atoms with Gasteiger partial charge in [0.1, 0.15) is 0 Å². The molecule has 0 amide bonds. The molecule has 2 rings (SSSR count). The largest absolute Gasteiger partial charge is 0.351 e. The summed E-state index contributed by atoms with van der Waals surface area (Å²) in [6.45, 7) is 0. The summed E-state index contributed by atoms with van der Waals surface area (Å²) in [4.78, 5) is 2.09. The molecule has 3 heteroatoms. The van der Waals surface area contributed by atoms with Gasteiger partial charge in [0.05, 0.1) is 5.38 Å². The summed E-state index contributed by atoms with van der Waals surface area (Å²) < 4.78 is 1.27. The summed E-state index contributed by atoms with van der Waals surface area (Å²) in [7, 11) is 2.04. The first-order chi connectivity index (χ1) is 6.18. The Bertz CT molecular complexity index is 352. The molecule has 0 radical (unpaired) electrons. The second-order valence-corrected chi connectivity index (χ2v) is 4.71. The third-order valence-corrected chi connectivity index (χ3v) is 3.33. The van der Waals surface area contributed by atoms with Crippen LogP contribution in [0.1, 0.15) is 0 Å². The fraction of sp³-hybridized carbons (Fsp3) is 0.200. The SMILES string of the molecule is CN1C=CC(I)=C2C=CC(Cl)C=C21. The fourth-order valence-electron chi connectivity index (χ4n) is 1.43. The molecule has 0 N–H and O–H groups in total. The lowest BCUT2D eigenvalue weighted by atomic mass is 10.0. The monoisotopic (exact) mass is 305 g/mol. The third kappa shape index (κ3) is 1.70. The van der Waals surface area contributed by atoms with E-state index in [0.29, 0.717) is 0 Å². The number of hydrogen-bond donors (Lipinski definition) is 0. The number of rotatable bonds is 0. The Morgan fingerprint density at radius 1 is 1.46 bits per heavy atom. The van der Waals surface area contributed by atoms with E-state index in [1.54, 1.807) is 0 Å². The summed E-state index contributed by atoms with van der Waals surface area (Å²) in [6.07, 6.45) is 10.3. The Morgan fingerprint density at radius 3 is 3.00 bits per heavy atom. The van der Waals surface area contributed by atoms with Crippen LogP contribution >= 0.6 is 34.2 Å². The fourth-order valence-corrected chi connectivity index (χ4v) is 2.24. The van der Waals surface area contributed by atoms with E-state index in [2.05, 4.69) is 51.9 Å². The Kier molecular flexibility index (Phi) is 2.51. The predicted octanol–water partition coefficient (Wildman–Crippen LogP) is 3.20. The molecule has 13 heavy (non-hydrogen) atoms. The average Bonchev–Trinajstić information content (AvgIpc) is 2.12. The summed E-state index contributed by atoms with van der Waals surface area (Å²) in [6, 6.07) is 0. The van der Waals surface area contributed by atoms with E-state index in [0.717, 1.165) is 0 Å². The van der Waals surface area contributed by atoms with Crippen molar-refractivity contribution in [1.82, 2.24) is 4.90 Å². The van der Waals surface area contributed by atoms with Gasteiger partial charge in [-0.1, -0.05) is 12.2 Å². The molecule has 0 aromatic carbocycles. The van der Waals surface area contributed by atoms with Gasteiger partial charge < -0.3 is 4.90 Å². The van der Waals surface area contributed by atoms with Crippen molar-refractivity contribution in [3.05, 3.63) is 45.4 Å². The molecule has 1 atom stereocenters. The molecule has 1 aliphatic carbocycles. The van der Waals surface area contributed by atoms with Crippen LogP contribution in [0, 0.1) is 0 Å². The van der Waals surface area contributed by atoms with E-state index >= 15 is 0 Å². The number of allylic oxidation sites excluding steroid dienone is 5. The molecule has 0 aromatic heterocycles. The van der Waals surface area contributed by atoms with Crippen molar-refractivity contribution in [2.45, 2.75) is 5.38 Å². The van der Waals surface area contributed by atoms with Crippen LogP contribution in [-0.4, -0.2) is 17.3 Å². The molecule has 0 aromatic rings. The van der Waals surface area contributed by atoms with Crippen molar-refractivity contribution in [2.24, 2.45) is 0 Å². The van der Waals surface area contributed by atoms with Gasteiger partial charge in [0.2, 0.25) is 0 Å². The maximum atomic E-state index is 6.01. The van der Waals surface area contributed by atoms with Gasteiger partial charge in [0.25, 0.3) is 0 Å². The molecule has 0 bridgehead atoms. The van der Waals surface area contributed by atoms with Crippen molar-refractivity contribution >= 4 is 34.2 Å². The molecule has 2 aliphatic rings. The number of hydrogen-bond acceptors (Lipinski definition) is 1. The molecule has 68 valence electrons. The summed E-state index contributed by atoms with van der Waals surface area (Å²) in [5.74, 6) is 0. The van der Waals surface area contributed by atoms with E-state index in [4.69, 9.17) is 11.6 Å². The first-order valence-corrected chi connectivity index (χ1v) is 5.55. The molecule has 0 saturated heterocycles. The smallest absolute Gasteiger partial charge is 0.0723 e. The van der Waals surface area contributed by atoms with Crippen LogP contribution in [-0.2, 0) is 0 Å². The predicted molar refractivity (Wildman–Crippen MR) is 64.8 cm³/mol. The normalized spacial score (nSPS) is 26.2. The maximum Gasteiger partial charge on any atom is 0.0723 e. The topological polar surface area (TPSA) is 3.24 Å². The highest BCUT2D eigenvalue weighted by Gasteiger charge is 2.18. The minimum atomic E-state index is 0.0249. The van der Waals surface area contributed by atoms with Gasteiger partial charge in [-0.15, -0.1) is 11.6 Å². The van der Waals surface area contributed by atoms with Gasteiger partial charge >= 0.3 is 0 Å². The summed E-state index contributed by atoms with van der Waals surface area (Å²) in [5, 5.41) is 0.0249. The number of alkyl halides is 1. The maximum absolute atomic E-state index is 6.01. The van der Waals surface area contributed by atoms with Gasteiger partial charge in [-0.3, -0.25) is 0 Å². The average molecular weight is 306 g/mol. The standard InChI is InChI=1S/C10H9ClIN/c1-13-5-4-9(12)8-3-2-7(11)6-10(8)13/h2-7H,1H3. The lowest BCUT2D eigenvalue weighted by Crippen LogP contribution is -2.18. The third-order valence-electron chi connectivity index (χ3n) is 2.12. The van der Waals surface area contributed by atoms with Crippen LogP contribution in [0.3, 0.4) is 0 Å². The van der Waals surface area contributed by atoms with Crippen LogP contribution in [0.15, 0.2) is 45.4 Å². The Balaban J connectivity index is 2.48. The quantitative estimate of drug-likeness (QED) is 0.491. The van der Waals surface area contributed by atoms with Gasteiger partial charge in [-0.25, -0.2) is 0 Å². The van der Waals surface area contributed by atoms with E-state index < -0.39 is 0 Å². The molecule has 1 nitrogen and oxygen atoms in total. The van der Waals surface area contributed by atoms with Crippen molar-refractivity contribution in [3.8, 4) is 0 Å². The molecule has 0 saturated carbocycles. The van der Waals surface area contributed by atoms with E-state index in [1.165, 1.54) is 14.8 Å².